The fourth-order valence-electron chi connectivity index (χ4n) is 3.75. The number of nitrogens with zero attached hydrogens (tertiary/aromatic N) is 5. The maximum Gasteiger partial charge on any atom is 0.274 e. The van der Waals surface area contributed by atoms with E-state index in [9.17, 15) is 9.59 Å². The normalized spacial score (nSPS) is 18.9. The van der Waals surface area contributed by atoms with Gasteiger partial charge in [-0.15, -0.1) is 0 Å². The third kappa shape index (κ3) is 4.10. The predicted octanol–water partition coefficient (Wildman–Crippen LogP) is 1.80. The maximum absolute atomic E-state index is 13.2. The second-order valence-corrected chi connectivity index (χ2v) is 7.51. The van der Waals surface area contributed by atoms with Crippen molar-refractivity contribution in [3.63, 3.8) is 0 Å². The monoisotopic (exact) mass is 408 g/mol. The van der Waals surface area contributed by atoms with Crippen molar-refractivity contribution in [3.05, 3.63) is 54.1 Å². The predicted molar refractivity (Wildman–Crippen MR) is 109 cm³/mol. The van der Waals surface area contributed by atoms with Crippen LogP contribution in [0.5, 0.6) is 5.88 Å². The molecule has 0 unspecified atom stereocenters. The van der Waals surface area contributed by atoms with Crippen molar-refractivity contribution in [3.8, 4) is 5.88 Å². The van der Waals surface area contributed by atoms with E-state index in [0.717, 1.165) is 12.8 Å². The van der Waals surface area contributed by atoms with E-state index in [0.29, 0.717) is 36.2 Å². The average molecular weight is 408 g/mol. The number of likely N-dealkylation sites (tertiary alicyclic amines) is 1. The number of hydrogen-bond donors (Lipinski definition) is 1. The maximum atomic E-state index is 13.2. The van der Waals surface area contributed by atoms with Gasteiger partial charge in [-0.05, 0) is 30.9 Å². The van der Waals surface area contributed by atoms with Crippen molar-refractivity contribution < 1.29 is 14.3 Å². The van der Waals surface area contributed by atoms with Crippen LogP contribution in [0.2, 0.25) is 0 Å². The highest BCUT2D eigenvalue weighted by Gasteiger charge is 2.32. The highest BCUT2D eigenvalue weighted by atomic mass is 16.5. The molecule has 3 aromatic heterocycles. The fourth-order valence-corrected chi connectivity index (χ4v) is 3.75. The number of ether oxygens (including phenoxy) is 1. The topological polar surface area (TPSA) is 102 Å². The smallest absolute Gasteiger partial charge is 0.274 e. The molecule has 0 spiro atoms. The summed E-state index contributed by atoms with van der Waals surface area (Å²) in [5.41, 5.74) is 1.26. The van der Waals surface area contributed by atoms with Crippen molar-refractivity contribution >= 4 is 17.5 Å². The van der Waals surface area contributed by atoms with E-state index < -0.39 is 0 Å². The Balaban J connectivity index is 1.48. The third-order valence-electron chi connectivity index (χ3n) is 5.36. The molecular weight excluding hydrogens is 384 g/mol. The number of methoxy groups -OCH3 is 1. The van der Waals surface area contributed by atoms with Gasteiger partial charge in [0.05, 0.1) is 7.11 Å². The number of hydrogen-bond acceptors (Lipinski definition) is 6. The molecule has 9 nitrogen and oxygen atoms in total. The molecule has 0 saturated carbocycles. The van der Waals surface area contributed by atoms with Crippen molar-refractivity contribution in [1.82, 2.24) is 29.8 Å². The summed E-state index contributed by atoms with van der Waals surface area (Å²) in [4.78, 5) is 35.9. The number of carbonyl (C=O) groups is 2. The van der Waals surface area contributed by atoms with Gasteiger partial charge in [-0.3, -0.25) is 9.59 Å². The quantitative estimate of drug-likeness (QED) is 0.691. The van der Waals surface area contributed by atoms with Crippen LogP contribution >= 0.6 is 0 Å². The van der Waals surface area contributed by atoms with Crippen LogP contribution in [0.1, 0.15) is 40.7 Å². The molecule has 3 aromatic rings. The van der Waals surface area contributed by atoms with Crippen molar-refractivity contribution in [1.29, 1.82) is 0 Å². The van der Waals surface area contributed by atoms with E-state index in [4.69, 9.17) is 4.74 Å². The summed E-state index contributed by atoms with van der Waals surface area (Å²) in [5.74, 6) is 0.405. The van der Waals surface area contributed by atoms with Crippen LogP contribution in [-0.2, 0) is 0 Å². The standard InChI is InChI=1S/C21H24N6O3/c1-14-7-10-26(21(29)17-12-18-22-8-4-9-27(18)25-17)15(11-14)13-23-20(28)16-5-3-6-19(24-16)30-2/h3-6,8-9,12,14-15H,7,10-11,13H2,1-2H3,(H,23,28)/t14-,15+/m1/s1. The van der Waals surface area contributed by atoms with Crippen LogP contribution in [0.15, 0.2) is 42.7 Å². The number of piperidine rings is 1. The molecule has 156 valence electrons. The molecule has 0 bridgehead atoms. The Labute approximate surface area is 174 Å². The molecule has 9 heteroatoms. The zero-order valence-electron chi connectivity index (χ0n) is 17.0. The van der Waals surface area contributed by atoms with Crippen LogP contribution in [-0.4, -0.2) is 62.5 Å². The van der Waals surface area contributed by atoms with Gasteiger partial charge in [-0.1, -0.05) is 13.0 Å². The van der Waals surface area contributed by atoms with Crippen molar-refractivity contribution in [2.75, 3.05) is 20.2 Å². The number of carbonyl (C=O) groups excluding carboxylic acids is 2. The molecule has 2 atom stereocenters. The van der Waals surface area contributed by atoms with Gasteiger partial charge in [0.25, 0.3) is 11.8 Å². The minimum absolute atomic E-state index is 0.117. The van der Waals surface area contributed by atoms with E-state index in [1.54, 1.807) is 52.1 Å². The molecule has 0 aliphatic carbocycles. The second-order valence-electron chi connectivity index (χ2n) is 7.51. The van der Waals surface area contributed by atoms with Crippen LogP contribution in [0.3, 0.4) is 0 Å². The molecule has 30 heavy (non-hydrogen) atoms. The summed E-state index contributed by atoms with van der Waals surface area (Å²) in [6, 6.07) is 8.38. The summed E-state index contributed by atoms with van der Waals surface area (Å²) < 4.78 is 6.67. The number of aromatic nitrogens is 4. The number of amides is 2. The Hall–Kier alpha value is -3.49. The Kier molecular flexibility index (Phi) is 5.60. The first kappa shape index (κ1) is 19.8. The van der Waals surface area contributed by atoms with Gasteiger partial charge in [0.2, 0.25) is 5.88 Å². The van der Waals surface area contributed by atoms with Gasteiger partial charge < -0.3 is 15.0 Å². The summed E-state index contributed by atoms with van der Waals surface area (Å²) in [7, 11) is 1.51. The molecule has 1 aliphatic heterocycles. The largest absolute Gasteiger partial charge is 0.481 e. The van der Waals surface area contributed by atoms with Crippen molar-refractivity contribution in [2.24, 2.45) is 5.92 Å². The van der Waals surface area contributed by atoms with Gasteiger partial charge in [-0.2, -0.15) is 5.10 Å². The lowest BCUT2D eigenvalue weighted by molar-refractivity contribution is 0.0544. The lowest BCUT2D eigenvalue weighted by atomic mass is 9.92. The molecule has 1 N–H and O–H groups in total. The van der Waals surface area contributed by atoms with Gasteiger partial charge in [0.1, 0.15) is 5.69 Å². The van der Waals surface area contributed by atoms with Crippen LogP contribution in [0.4, 0.5) is 0 Å². The van der Waals surface area contributed by atoms with Crippen LogP contribution < -0.4 is 10.1 Å². The van der Waals surface area contributed by atoms with Gasteiger partial charge in [-0.25, -0.2) is 14.5 Å². The molecule has 1 fully saturated rings. The number of fused-ring (bicyclic) bond motifs is 1. The minimum atomic E-state index is -0.295. The first-order chi connectivity index (χ1) is 14.5. The number of pyridine rings is 1. The van der Waals surface area contributed by atoms with Gasteiger partial charge in [0, 0.05) is 43.7 Å². The SMILES string of the molecule is COc1cccc(C(=O)NC[C@@H]2C[C@H](C)CCN2C(=O)c2cc3ncccn3n2)n1. The second kappa shape index (κ2) is 8.48. The Morgan fingerprint density at radius 3 is 2.93 bits per heavy atom. The molecule has 1 saturated heterocycles. The van der Waals surface area contributed by atoms with Gasteiger partial charge in [0.15, 0.2) is 11.3 Å². The zero-order valence-corrected chi connectivity index (χ0v) is 17.0. The van der Waals surface area contributed by atoms with E-state index in [2.05, 4.69) is 27.3 Å². The molecular formula is C21H24N6O3. The van der Waals surface area contributed by atoms with E-state index in [1.807, 2.05) is 0 Å². The van der Waals surface area contributed by atoms with E-state index in [-0.39, 0.29) is 23.6 Å². The zero-order chi connectivity index (χ0) is 21.1. The molecule has 4 rings (SSSR count). The highest BCUT2D eigenvalue weighted by Crippen LogP contribution is 2.24. The Morgan fingerprint density at radius 1 is 1.27 bits per heavy atom. The number of nitrogens with one attached hydrogen (secondary N) is 1. The van der Waals surface area contributed by atoms with Gasteiger partial charge >= 0.3 is 0 Å². The molecule has 1 aliphatic rings. The number of rotatable bonds is 5. The van der Waals surface area contributed by atoms with Crippen molar-refractivity contribution in [2.45, 2.75) is 25.8 Å². The van der Waals surface area contributed by atoms with E-state index in [1.165, 1.54) is 7.11 Å². The van der Waals surface area contributed by atoms with E-state index >= 15 is 0 Å². The lowest BCUT2D eigenvalue weighted by Crippen LogP contribution is -2.51. The highest BCUT2D eigenvalue weighted by molar-refractivity contribution is 5.94. The third-order valence-corrected chi connectivity index (χ3v) is 5.36. The summed E-state index contributed by atoms with van der Waals surface area (Å²) in [6.07, 6.45) is 5.15. The molecule has 4 heterocycles. The Morgan fingerprint density at radius 2 is 2.13 bits per heavy atom. The lowest BCUT2D eigenvalue weighted by Gasteiger charge is -2.38. The van der Waals surface area contributed by atoms with Crippen LogP contribution in [0.25, 0.3) is 5.65 Å². The summed E-state index contributed by atoms with van der Waals surface area (Å²) >= 11 is 0. The van der Waals surface area contributed by atoms with Crippen LogP contribution in [0, 0.1) is 5.92 Å². The first-order valence-electron chi connectivity index (χ1n) is 9.96. The molecule has 0 radical (unpaired) electrons. The first-order valence-corrected chi connectivity index (χ1v) is 9.96. The summed E-state index contributed by atoms with van der Waals surface area (Å²) in [5, 5.41) is 7.27. The average Bonchev–Trinajstić information content (AvgIpc) is 3.21. The summed E-state index contributed by atoms with van der Waals surface area (Å²) in [6.45, 7) is 3.13. The Bertz CT molecular complexity index is 1030. The molecule has 0 aromatic carbocycles. The minimum Gasteiger partial charge on any atom is -0.481 e. The molecule has 2 amide bonds. The fraction of sp³-hybridized carbons (Fsp3) is 0.381.